The van der Waals surface area contributed by atoms with Crippen molar-refractivity contribution in [2.75, 3.05) is 13.1 Å². The second kappa shape index (κ2) is 8.13. The minimum absolute atomic E-state index is 0.761. The molecule has 0 aliphatic rings. The zero-order chi connectivity index (χ0) is 15.0. The Labute approximate surface area is 129 Å². The summed E-state index contributed by atoms with van der Waals surface area (Å²) >= 11 is 0. The van der Waals surface area contributed by atoms with Gasteiger partial charge in [0.05, 0.1) is 0 Å². The predicted octanol–water partition coefficient (Wildman–Crippen LogP) is 1.95. The lowest BCUT2D eigenvalue weighted by molar-refractivity contribution is 0.880. The Bertz CT molecular complexity index is 464. The lowest BCUT2D eigenvalue weighted by Crippen LogP contribution is -2.58. The van der Waals surface area contributed by atoms with Crippen LogP contribution in [-0.2, 0) is 0 Å². The highest BCUT2D eigenvalue weighted by Gasteiger charge is 2.35. The molecule has 0 aliphatic heterocycles. The predicted molar refractivity (Wildman–Crippen MR) is 94.9 cm³/mol. The number of hydrogen-bond donors (Lipinski definition) is 2. The number of benzene rings is 2. The van der Waals surface area contributed by atoms with Crippen molar-refractivity contribution in [3.05, 3.63) is 60.7 Å². The van der Waals surface area contributed by atoms with Crippen LogP contribution in [0.4, 0.5) is 0 Å². The Morgan fingerprint density at radius 3 is 1.33 bits per heavy atom. The molecule has 3 heteroatoms. The van der Waals surface area contributed by atoms with E-state index in [9.17, 15) is 0 Å². The van der Waals surface area contributed by atoms with Gasteiger partial charge in [-0.3, -0.25) is 0 Å². The molecular formula is C18H26N2Si. The molecule has 0 bridgehead atoms. The van der Waals surface area contributed by atoms with E-state index in [0.29, 0.717) is 0 Å². The van der Waals surface area contributed by atoms with Gasteiger partial charge < -0.3 is 11.5 Å². The molecule has 0 unspecified atom stereocenters. The van der Waals surface area contributed by atoms with Crippen LogP contribution in [0.1, 0.15) is 12.8 Å². The van der Waals surface area contributed by atoms with E-state index in [2.05, 4.69) is 60.7 Å². The summed E-state index contributed by atoms with van der Waals surface area (Å²) in [7, 11) is -1.75. The van der Waals surface area contributed by atoms with E-state index < -0.39 is 8.07 Å². The second-order valence-electron chi connectivity index (χ2n) is 5.60. The third kappa shape index (κ3) is 3.82. The molecule has 2 aromatic rings. The van der Waals surface area contributed by atoms with Gasteiger partial charge in [0.1, 0.15) is 8.07 Å². The lowest BCUT2D eigenvalue weighted by atomic mass is 10.4. The maximum atomic E-state index is 5.82. The molecule has 0 aliphatic carbocycles. The highest BCUT2D eigenvalue weighted by molar-refractivity contribution is 7.02. The molecule has 0 radical (unpaired) electrons. The first-order valence-corrected chi connectivity index (χ1v) is 10.3. The van der Waals surface area contributed by atoms with Crippen LogP contribution in [0.25, 0.3) is 0 Å². The minimum Gasteiger partial charge on any atom is -0.330 e. The van der Waals surface area contributed by atoms with E-state index in [-0.39, 0.29) is 0 Å². The van der Waals surface area contributed by atoms with Gasteiger partial charge in [-0.05, 0) is 38.0 Å². The summed E-state index contributed by atoms with van der Waals surface area (Å²) in [6.45, 7) is 1.52. The summed E-state index contributed by atoms with van der Waals surface area (Å²) in [6, 6.07) is 24.4. The average Bonchev–Trinajstić information content (AvgIpc) is 2.57. The number of hydrogen-bond acceptors (Lipinski definition) is 2. The molecule has 0 aromatic heterocycles. The van der Waals surface area contributed by atoms with E-state index >= 15 is 0 Å². The SMILES string of the molecule is NCCC[Si](CCCN)(c1ccccc1)c1ccccc1. The quantitative estimate of drug-likeness (QED) is 0.732. The van der Waals surface area contributed by atoms with Gasteiger partial charge in [-0.15, -0.1) is 0 Å². The van der Waals surface area contributed by atoms with Crippen LogP contribution in [-0.4, -0.2) is 21.2 Å². The van der Waals surface area contributed by atoms with Crippen molar-refractivity contribution in [2.24, 2.45) is 11.5 Å². The summed E-state index contributed by atoms with van der Waals surface area (Å²) in [5, 5.41) is 3.02. The zero-order valence-corrected chi connectivity index (χ0v) is 13.7. The summed E-state index contributed by atoms with van der Waals surface area (Å²) in [4.78, 5) is 0. The summed E-state index contributed by atoms with van der Waals surface area (Å²) in [5.41, 5.74) is 11.6. The number of nitrogens with two attached hydrogens (primary N) is 2. The van der Waals surface area contributed by atoms with E-state index in [1.54, 1.807) is 0 Å². The molecule has 0 heterocycles. The van der Waals surface area contributed by atoms with E-state index in [1.165, 1.54) is 22.5 Å². The van der Waals surface area contributed by atoms with Gasteiger partial charge >= 0.3 is 0 Å². The van der Waals surface area contributed by atoms with Crippen LogP contribution in [0.15, 0.2) is 60.7 Å². The smallest absolute Gasteiger partial charge is 0.118 e. The van der Waals surface area contributed by atoms with Crippen molar-refractivity contribution in [3.8, 4) is 0 Å². The molecular weight excluding hydrogens is 272 g/mol. The van der Waals surface area contributed by atoms with Gasteiger partial charge in [-0.2, -0.15) is 0 Å². The molecule has 2 rings (SSSR count). The van der Waals surface area contributed by atoms with Crippen LogP contribution in [0.5, 0.6) is 0 Å². The summed E-state index contributed by atoms with van der Waals surface area (Å²) < 4.78 is 0. The Morgan fingerprint density at radius 2 is 1.00 bits per heavy atom. The van der Waals surface area contributed by atoms with Crippen molar-refractivity contribution < 1.29 is 0 Å². The van der Waals surface area contributed by atoms with Gasteiger partial charge in [0.25, 0.3) is 0 Å². The first kappa shape index (κ1) is 16.0. The first-order chi connectivity index (χ1) is 10.3. The second-order valence-corrected chi connectivity index (χ2v) is 9.92. The van der Waals surface area contributed by atoms with Gasteiger partial charge in [0, 0.05) is 0 Å². The molecule has 0 amide bonds. The molecule has 2 aromatic carbocycles. The fourth-order valence-corrected chi connectivity index (χ4v) is 8.21. The maximum absolute atomic E-state index is 5.82. The molecule has 4 N–H and O–H groups in total. The highest BCUT2D eigenvalue weighted by Crippen LogP contribution is 2.20. The normalized spacial score (nSPS) is 11.5. The Morgan fingerprint density at radius 1 is 0.619 bits per heavy atom. The van der Waals surface area contributed by atoms with Gasteiger partial charge in [0.15, 0.2) is 0 Å². The third-order valence-electron chi connectivity index (χ3n) is 4.27. The lowest BCUT2D eigenvalue weighted by Gasteiger charge is -2.33. The van der Waals surface area contributed by atoms with Crippen molar-refractivity contribution in [3.63, 3.8) is 0 Å². The molecule has 0 saturated heterocycles. The van der Waals surface area contributed by atoms with Gasteiger partial charge in [0.2, 0.25) is 0 Å². The topological polar surface area (TPSA) is 52.0 Å². The molecule has 112 valence electrons. The largest absolute Gasteiger partial charge is 0.330 e. The van der Waals surface area contributed by atoms with E-state index in [4.69, 9.17) is 11.5 Å². The van der Waals surface area contributed by atoms with Gasteiger partial charge in [-0.25, -0.2) is 0 Å². The zero-order valence-electron chi connectivity index (χ0n) is 12.7. The minimum atomic E-state index is -1.75. The first-order valence-electron chi connectivity index (χ1n) is 7.84. The van der Waals surface area contributed by atoms with Crippen LogP contribution < -0.4 is 21.8 Å². The summed E-state index contributed by atoms with van der Waals surface area (Å²) in [5.74, 6) is 0. The Kier molecular flexibility index (Phi) is 6.17. The summed E-state index contributed by atoms with van der Waals surface area (Å²) in [6.07, 6.45) is 2.17. The Hall–Kier alpha value is -1.42. The molecule has 0 fully saturated rings. The highest BCUT2D eigenvalue weighted by atomic mass is 28.3. The van der Waals surface area contributed by atoms with Crippen LogP contribution in [0.3, 0.4) is 0 Å². The standard InChI is InChI=1S/C18H26N2Si/c19-13-7-15-21(16-8-14-20,17-9-3-1-4-10-17)18-11-5-2-6-12-18/h1-6,9-12H,7-8,13-16,19-20H2. The van der Waals surface area contributed by atoms with Crippen LogP contribution in [0.2, 0.25) is 12.1 Å². The monoisotopic (exact) mass is 298 g/mol. The van der Waals surface area contributed by atoms with Crippen LogP contribution in [0, 0.1) is 0 Å². The molecule has 2 nitrogen and oxygen atoms in total. The third-order valence-corrected chi connectivity index (χ3v) is 9.56. The molecule has 0 saturated carbocycles. The van der Waals surface area contributed by atoms with E-state index in [1.807, 2.05) is 0 Å². The fraction of sp³-hybridized carbons (Fsp3) is 0.333. The fourth-order valence-electron chi connectivity index (χ4n) is 3.19. The number of rotatable bonds is 8. The van der Waals surface area contributed by atoms with Crippen LogP contribution >= 0.6 is 0 Å². The molecule has 0 spiro atoms. The molecule has 0 atom stereocenters. The van der Waals surface area contributed by atoms with E-state index in [0.717, 1.165) is 25.9 Å². The van der Waals surface area contributed by atoms with Crippen molar-refractivity contribution in [2.45, 2.75) is 24.9 Å². The van der Waals surface area contributed by atoms with Crippen molar-refractivity contribution >= 4 is 18.4 Å². The molecule has 21 heavy (non-hydrogen) atoms. The Balaban J connectivity index is 2.48. The van der Waals surface area contributed by atoms with Gasteiger partial charge in [-0.1, -0.05) is 71.0 Å². The van der Waals surface area contributed by atoms with Crippen molar-refractivity contribution in [1.29, 1.82) is 0 Å². The average molecular weight is 299 g/mol. The maximum Gasteiger partial charge on any atom is 0.118 e. The van der Waals surface area contributed by atoms with Crippen molar-refractivity contribution in [1.82, 2.24) is 0 Å².